The van der Waals surface area contributed by atoms with Crippen molar-refractivity contribution in [2.75, 3.05) is 0 Å². The van der Waals surface area contributed by atoms with Gasteiger partial charge in [-0.3, -0.25) is 0 Å². The molecule has 0 aliphatic rings. The van der Waals surface area contributed by atoms with Crippen LogP contribution in [0.25, 0.3) is 6.08 Å². The molecule has 0 radical (unpaired) electrons. The molecule has 0 unspecified atom stereocenters. The Morgan fingerprint density at radius 2 is 2.00 bits per heavy atom. The fourth-order valence-electron chi connectivity index (χ4n) is 1.00. The Hall–Kier alpha value is -1.26. The largest absolute Gasteiger partial charge is 0.129 e. The molecule has 1 aromatic rings. The molecule has 0 bridgehead atoms. The fourth-order valence-corrected chi connectivity index (χ4v) is 1.52. The summed E-state index contributed by atoms with van der Waals surface area (Å²) in [5.74, 6) is 3.22. The predicted octanol–water partition coefficient (Wildman–Crippen LogP) is 3.56. The maximum absolute atomic E-state index is 3.74. The third-order valence-corrected chi connectivity index (χ3v) is 2.58. The molecule has 0 aliphatic heterocycles. The number of benzene rings is 1. The van der Waals surface area contributed by atoms with Crippen molar-refractivity contribution in [2.24, 2.45) is 0 Å². The zero-order chi connectivity index (χ0) is 10.6. The van der Waals surface area contributed by atoms with Crippen LogP contribution in [0.2, 0.25) is 19.6 Å². The molecular formula is C13H16Si. The highest BCUT2D eigenvalue weighted by atomic mass is 28.3. The van der Waals surface area contributed by atoms with Crippen molar-refractivity contribution in [3.05, 3.63) is 42.0 Å². The van der Waals surface area contributed by atoms with E-state index in [2.05, 4.69) is 43.8 Å². The summed E-state index contributed by atoms with van der Waals surface area (Å²) < 4.78 is 0. The molecule has 14 heavy (non-hydrogen) atoms. The summed E-state index contributed by atoms with van der Waals surface area (Å²) in [6.45, 7) is 10.5. The van der Waals surface area contributed by atoms with Crippen molar-refractivity contribution >= 4 is 14.1 Å². The van der Waals surface area contributed by atoms with Crippen molar-refractivity contribution in [1.29, 1.82) is 0 Å². The third-order valence-electron chi connectivity index (χ3n) is 1.70. The standard InChI is InChI=1S/C13H16Si/c1-5-12-7-6-8-13(11-12)9-10-14(2,3)4/h5-8,11H,1H2,2-4H3. The van der Waals surface area contributed by atoms with Crippen LogP contribution in [-0.2, 0) is 0 Å². The highest BCUT2D eigenvalue weighted by molar-refractivity contribution is 6.83. The second-order valence-electron chi connectivity index (χ2n) is 4.33. The Morgan fingerprint density at radius 3 is 2.57 bits per heavy atom. The molecular weight excluding hydrogens is 184 g/mol. The Kier molecular flexibility index (Phi) is 3.32. The van der Waals surface area contributed by atoms with Gasteiger partial charge in [0.2, 0.25) is 0 Å². The monoisotopic (exact) mass is 200 g/mol. The van der Waals surface area contributed by atoms with E-state index in [4.69, 9.17) is 0 Å². The van der Waals surface area contributed by atoms with E-state index in [1.807, 2.05) is 24.3 Å². The quantitative estimate of drug-likeness (QED) is 0.480. The van der Waals surface area contributed by atoms with E-state index in [-0.39, 0.29) is 0 Å². The molecule has 0 atom stereocenters. The van der Waals surface area contributed by atoms with Gasteiger partial charge >= 0.3 is 0 Å². The van der Waals surface area contributed by atoms with Crippen LogP contribution in [0.15, 0.2) is 30.8 Å². The summed E-state index contributed by atoms with van der Waals surface area (Å²) in [5.41, 5.74) is 5.56. The Bertz CT molecular complexity index is 386. The van der Waals surface area contributed by atoms with Crippen molar-refractivity contribution < 1.29 is 0 Å². The summed E-state index contributed by atoms with van der Waals surface area (Å²) in [6, 6.07) is 8.16. The smallest absolute Gasteiger partial charge is 0.127 e. The van der Waals surface area contributed by atoms with Gasteiger partial charge in [0.1, 0.15) is 8.07 Å². The Labute approximate surface area is 87.7 Å². The molecule has 0 fully saturated rings. The minimum atomic E-state index is -1.25. The zero-order valence-corrected chi connectivity index (χ0v) is 10.1. The number of hydrogen-bond donors (Lipinski definition) is 0. The number of rotatable bonds is 1. The first-order chi connectivity index (χ1) is 6.51. The van der Waals surface area contributed by atoms with Crippen LogP contribution in [0.3, 0.4) is 0 Å². The van der Waals surface area contributed by atoms with Gasteiger partial charge in [0.15, 0.2) is 0 Å². The maximum atomic E-state index is 3.74. The van der Waals surface area contributed by atoms with Crippen molar-refractivity contribution in [3.8, 4) is 11.5 Å². The van der Waals surface area contributed by atoms with Gasteiger partial charge in [0.25, 0.3) is 0 Å². The lowest BCUT2D eigenvalue weighted by atomic mass is 10.1. The molecule has 1 aromatic carbocycles. The van der Waals surface area contributed by atoms with Gasteiger partial charge < -0.3 is 0 Å². The second kappa shape index (κ2) is 4.30. The Morgan fingerprint density at radius 1 is 1.29 bits per heavy atom. The lowest BCUT2D eigenvalue weighted by molar-refractivity contribution is 1.61. The van der Waals surface area contributed by atoms with Crippen LogP contribution in [0.1, 0.15) is 11.1 Å². The van der Waals surface area contributed by atoms with E-state index in [1.165, 1.54) is 0 Å². The SMILES string of the molecule is C=Cc1cccc(C#C[Si](C)(C)C)c1. The van der Waals surface area contributed by atoms with Crippen LogP contribution in [0.5, 0.6) is 0 Å². The molecule has 0 saturated carbocycles. The van der Waals surface area contributed by atoms with Gasteiger partial charge in [-0.15, -0.1) is 5.54 Å². The van der Waals surface area contributed by atoms with E-state index in [1.54, 1.807) is 0 Å². The molecule has 1 heteroatoms. The average molecular weight is 200 g/mol. The van der Waals surface area contributed by atoms with Gasteiger partial charge in [0.05, 0.1) is 0 Å². The zero-order valence-electron chi connectivity index (χ0n) is 9.09. The van der Waals surface area contributed by atoms with E-state index in [0.717, 1.165) is 11.1 Å². The summed E-state index contributed by atoms with van der Waals surface area (Å²) in [7, 11) is -1.25. The van der Waals surface area contributed by atoms with Gasteiger partial charge in [-0.2, -0.15) is 0 Å². The molecule has 0 heterocycles. The topological polar surface area (TPSA) is 0 Å². The van der Waals surface area contributed by atoms with E-state index in [9.17, 15) is 0 Å². The maximum Gasteiger partial charge on any atom is 0.129 e. The van der Waals surface area contributed by atoms with Gasteiger partial charge in [0, 0.05) is 5.56 Å². The van der Waals surface area contributed by atoms with Gasteiger partial charge in [-0.25, -0.2) is 0 Å². The minimum absolute atomic E-state index is 1.09. The van der Waals surface area contributed by atoms with Crippen molar-refractivity contribution in [2.45, 2.75) is 19.6 Å². The summed E-state index contributed by atoms with van der Waals surface area (Å²) in [5, 5.41) is 0. The van der Waals surface area contributed by atoms with Crippen LogP contribution in [0.4, 0.5) is 0 Å². The second-order valence-corrected chi connectivity index (χ2v) is 9.08. The Balaban J connectivity index is 2.96. The molecule has 0 N–H and O–H groups in total. The van der Waals surface area contributed by atoms with Crippen LogP contribution in [-0.4, -0.2) is 8.07 Å². The lowest BCUT2D eigenvalue weighted by Gasteiger charge is -2.03. The lowest BCUT2D eigenvalue weighted by Crippen LogP contribution is -2.16. The first-order valence-electron chi connectivity index (χ1n) is 4.77. The summed E-state index contributed by atoms with van der Waals surface area (Å²) in [4.78, 5) is 0. The first kappa shape index (κ1) is 10.8. The van der Waals surface area contributed by atoms with Crippen LogP contribution < -0.4 is 0 Å². The van der Waals surface area contributed by atoms with Crippen molar-refractivity contribution in [1.82, 2.24) is 0 Å². The molecule has 0 aliphatic carbocycles. The van der Waals surface area contributed by atoms with E-state index >= 15 is 0 Å². The van der Waals surface area contributed by atoms with Gasteiger partial charge in [-0.1, -0.05) is 50.3 Å². The molecule has 0 amide bonds. The first-order valence-corrected chi connectivity index (χ1v) is 8.27. The third kappa shape index (κ3) is 3.63. The molecule has 0 aromatic heterocycles. The van der Waals surface area contributed by atoms with E-state index in [0.29, 0.717) is 0 Å². The molecule has 72 valence electrons. The molecule has 1 rings (SSSR count). The van der Waals surface area contributed by atoms with Gasteiger partial charge in [-0.05, 0) is 17.7 Å². The molecule has 0 spiro atoms. The molecule has 0 saturated heterocycles. The normalized spacial score (nSPS) is 10.2. The van der Waals surface area contributed by atoms with Crippen LogP contribution in [0, 0.1) is 11.5 Å². The summed E-state index contributed by atoms with van der Waals surface area (Å²) >= 11 is 0. The highest BCUT2D eigenvalue weighted by Gasteiger charge is 2.07. The summed E-state index contributed by atoms with van der Waals surface area (Å²) in [6.07, 6.45) is 1.85. The van der Waals surface area contributed by atoms with E-state index < -0.39 is 8.07 Å². The minimum Gasteiger partial charge on any atom is -0.127 e. The van der Waals surface area contributed by atoms with Crippen molar-refractivity contribution in [3.63, 3.8) is 0 Å². The predicted molar refractivity (Wildman–Crippen MR) is 66.8 cm³/mol. The number of hydrogen-bond acceptors (Lipinski definition) is 0. The molecule has 0 nitrogen and oxygen atoms in total. The van der Waals surface area contributed by atoms with Crippen LogP contribution >= 0.6 is 0 Å². The average Bonchev–Trinajstić information content (AvgIpc) is 2.14. The highest BCUT2D eigenvalue weighted by Crippen LogP contribution is 2.05. The fraction of sp³-hybridized carbons (Fsp3) is 0.231.